The Morgan fingerprint density at radius 2 is 1.73 bits per heavy atom. The van der Waals surface area contributed by atoms with Crippen molar-refractivity contribution in [1.82, 2.24) is 5.32 Å². The highest BCUT2D eigenvalue weighted by Crippen LogP contribution is 2.29. The number of benzene rings is 2. The molecule has 0 saturated heterocycles. The van der Waals surface area contributed by atoms with E-state index in [1.54, 1.807) is 0 Å². The maximum Gasteiger partial charge on any atom is 0.416 e. The van der Waals surface area contributed by atoms with Crippen LogP contribution in [-0.2, 0) is 28.6 Å². The number of halogens is 3. The third-order valence-corrected chi connectivity index (χ3v) is 3.82. The maximum absolute atomic E-state index is 12.7. The van der Waals surface area contributed by atoms with Crippen molar-refractivity contribution in [2.24, 2.45) is 5.73 Å². The Kier molecular flexibility index (Phi) is 6.02. The van der Waals surface area contributed by atoms with E-state index in [-0.39, 0.29) is 18.4 Å². The molecule has 2 amide bonds. The van der Waals surface area contributed by atoms with Gasteiger partial charge in [0.2, 0.25) is 11.8 Å². The number of amides is 2. The fraction of sp³-hybridized carbons (Fsp3) is 0.263. The minimum atomic E-state index is -4.48. The summed E-state index contributed by atoms with van der Waals surface area (Å²) in [7, 11) is 0. The standard InChI is InChI=1S/C19H19F3N2O2/c1-12-4-2-5-13(8-12)10-16(18(23)26)24-17(25)11-14-6-3-7-15(9-14)19(20,21)22/h2-9,16H,10-11H2,1H3,(H2,23,26)(H,24,25)/t16-/m0/s1. The smallest absolute Gasteiger partial charge is 0.368 e. The summed E-state index contributed by atoms with van der Waals surface area (Å²) in [5.74, 6) is -1.27. The van der Waals surface area contributed by atoms with E-state index in [9.17, 15) is 22.8 Å². The van der Waals surface area contributed by atoms with Gasteiger partial charge in [-0.1, -0.05) is 48.0 Å². The minimum absolute atomic E-state index is 0.205. The first-order valence-corrected chi connectivity index (χ1v) is 7.95. The summed E-state index contributed by atoms with van der Waals surface area (Å²) in [6.07, 6.45) is -4.54. The van der Waals surface area contributed by atoms with Crippen molar-refractivity contribution in [3.8, 4) is 0 Å². The lowest BCUT2D eigenvalue weighted by Crippen LogP contribution is -2.46. The average molecular weight is 364 g/mol. The molecule has 7 heteroatoms. The number of carbonyl (C=O) groups is 2. The zero-order valence-electron chi connectivity index (χ0n) is 14.1. The zero-order chi connectivity index (χ0) is 19.3. The number of rotatable bonds is 6. The minimum Gasteiger partial charge on any atom is -0.368 e. The van der Waals surface area contributed by atoms with Crippen molar-refractivity contribution in [2.45, 2.75) is 32.0 Å². The van der Waals surface area contributed by atoms with E-state index in [1.165, 1.54) is 12.1 Å². The molecule has 1 atom stereocenters. The maximum atomic E-state index is 12.7. The Hall–Kier alpha value is -2.83. The summed E-state index contributed by atoms with van der Waals surface area (Å²) in [6, 6.07) is 11.0. The van der Waals surface area contributed by atoms with Crippen LogP contribution in [0.3, 0.4) is 0 Å². The van der Waals surface area contributed by atoms with E-state index in [1.807, 2.05) is 31.2 Å². The van der Waals surface area contributed by atoms with Gasteiger partial charge in [-0.2, -0.15) is 13.2 Å². The summed E-state index contributed by atoms with van der Waals surface area (Å²) in [6.45, 7) is 1.90. The molecule has 0 bridgehead atoms. The first kappa shape index (κ1) is 19.5. The van der Waals surface area contributed by atoms with E-state index in [0.717, 1.165) is 23.3 Å². The molecule has 2 rings (SSSR count). The second-order valence-corrected chi connectivity index (χ2v) is 6.09. The number of nitrogens with two attached hydrogens (primary N) is 1. The molecule has 0 unspecified atom stereocenters. The molecule has 138 valence electrons. The summed E-state index contributed by atoms with van der Waals surface area (Å²) >= 11 is 0. The Morgan fingerprint density at radius 3 is 2.35 bits per heavy atom. The fourth-order valence-electron chi connectivity index (χ4n) is 2.59. The Labute approximate surface area is 149 Å². The summed E-state index contributed by atoms with van der Waals surface area (Å²) in [5.41, 5.74) is 6.55. The highest BCUT2D eigenvalue weighted by atomic mass is 19.4. The van der Waals surface area contributed by atoms with Crippen LogP contribution < -0.4 is 11.1 Å². The number of carbonyl (C=O) groups excluding carboxylic acids is 2. The molecule has 0 spiro atoms. The molecule has 0 aliphatic heterocycles. The molecule has 2 aromatic rings. The number of hydrogen-bond donors (Lipinski definition) is 2. The first-order valence-electron chi connectivity index (χ1n) is 7.95. The third-order valence-electron chi connectivity index (χ3n) is 3.82. The van der Waals surface area contributed by atoms with Crippen LogP contribution in [0.1, 0.15) is 22.3 Å². The van der Waals surface area contributed by atoms with Gasteiger partial charge in [0.15, 0.2) is 0 Å². The van der Waals surface area contributed by atoms with E-state index in [4.69, 9.17) is 5.73 Å². The molecule has 0 radical (unpaired) electrons. The normalized spacial score (nSPS) is 12.5. The van der Waals surface area contributed by atoms with Crippen molar-refractivity contribution < 1.29 is 22.8 Å². The van der Waals surface area contributed by atoms with Crippen LogP contribution in [0, 0.1) is 6.92 Å². The van der Waals surface area contributed by atoms with Crippen molar-refractivity contribution in [1.29, 1.82) is 0 Å². The van der Waals surface area contributed by atoms with Gasteiger partial charge in [-0.25, -0.2) is 0 Å². The van der Waals surface area contributed by atoms with Gasteiger partial charge in [0.25, 0.3) is 0 Å². The van der Waals surface area contributed by atoms with Crippen LogP contribution in [0.15, 0.2) is 48.5 Å². The second-order valence-electron chi connectivity index (χ2n) is 6.09. The Balaban J connectivity index is 2.05. The lowest BCUT2D eigenvalue weighted by molar-refractivity contribution is -0.137. The number of aryl methyl sites for hydroxylation is 1. The summed E-state index contributed by atoms with van der Waals surface area (Å²) < 4.78 is 38.2. The third kappa shape index (κ3) is 5.61. The van der Waals surface area contributed by atoms with Crippen LogP contribution >= 0.6 is 0 Å². The van der Waals surface area contributed by atoms with Crippen LogP contribution in [0.5, 0.6) is 0 Å². The topological polar surface area (TPSA) is 72.2 Å². The largest absolute Gasteiger partial charge is 0.416 e. The molecule has 0 saturated carbocycles. The molecular formula is C19H19F3N2O2. The molecule has 0 fully saturated rings. The van der Waals surface area contributed by atoms with Crippen molar-refractivity contribution in [2.75, 3.05) is 0 Å². The number of primary amides is 1. The highest BCUT2D eigenvalue weighted by Gasteiger charge is 2.30. The lowest BCUT2D eigenvalue weighted by Gasteiger charge is -2.16. The highest BCUT2D eigenvalue weighted by molar-refractivity contribution is 5.87. The second kappa shape index (κ2) is 8.03. The molecule has 0 aliphatic carbocycles. The van der Waals surface area contributed by atoms with E-state index >= 15 is 0 Å². The van der Waals surface area contributed by atoms with Gasteiger partial charge in [-0.3, -0.25) is 9.59 Å². The number of hydrogen-bond acceptors (Lipinski definition) is 2. The first-order chi connectivity index (χ1) is 12.1. The van der Waals surface area contributed by atoms with Crippen molar-refractivity contribution >= 4 is 11.8 Å². The van der Waals surface area contributed by atoms with Gasteiger partial charge in [-0.15, -0.1) is 0 Å². The molecule has 0 aromatic heterocycles. The number of alkyl halides is 3. The molecular weight excluding hydrogens is 345 g/mol. The average Bonchev–Trinajstić information content (AvgIpc) is 2.53. The summed E-state index contributed by atoms with van der Waals surface area (Å²) in [5, 5.41) is 2.50. The molecule has 0 aliphatic rings. The Bertz CT molecular complexity index is 803. The predicted molar refractivity (Wildman–Crippen MR) is 91.2 cm³/mol. The van der Waals surface area contributed by atoms with Crippen LogP contribution in [0.25, 0.3) is 0 Å². The lowest BCUT2D eigenvalue weighted by atomic mass is 10.0. The molecule has 26 heavy (non-hydrogen) atoms. The van der Waals surface area contributed by atoms with Gasteiger partial charge in [-0.05, 0) is 24.1 Å². The van der Waals surface area contributed by atoms with Gasteiger partial charge in [0.1, 0.15) is 6.04 Å². The van der Waals surface area contributed by atoms with E-state index < -0.39 is 29.6 Å². The van der Waals surface area contributed by atoms with E-state index in [0.29, 0.717) is 0 Å². The van der Waals surface area contributed by atoms with Gasteiger partial charge < -0.3 is 11.1 Å². The SMILES string of the molecule is Cc1cccc(C[C@H](NC(=O)Cc2cccc(C(F)(F)F)c2)C(N)=O)c1. The predicted octanol–water partition coefficient (Wildman–Crippen LogP) is 2.77. The fourth-order valence-corrected chi connectivity index (χ4v) is 2.59. The Morgan fingerprint density at radius 1 is 1.08 bits per heavy atom. The van der Waals surface area contributed by atoms with Crippen LogP contribution in [-0.4, -0.2) is 17.9 Å². The molecule has 0 heterocycles. The zero-order valence-corrected chi connectivity index (χ0v) is 14.1. The van der Waals surface area contributed by atoms with Gasteiger partial charge in [0.05, 0.1) is 12.0 Å². The summed E-state index contributed by atoms with van der Waals surface area (Å²) in [4.78, 5) is 23.8. The molecule has 2 aromatic carbocycles. The van der Waals surface area contributed by atoms with Crippen LogP contribution in [0.4, 0.5) is 13.2 Å². The molecule has 3 N–H and O–H groups in total. The molecule has 4 nitrogen and oxygen atoms in total. The van der Waals surface area contributed by atoms with Crippen molar-refractivity contribution in [3.63, 3.8) is 0 Å². The quantitative estimate of drug-likeness (QED) is 0.827. The van der Waals surface area contributed by atoms with Gasteiger partial charge >= 0.3 is 6.18 Å². The van der Waals surface area contributed by atoms with Crippen LogP contribution in [0.2, 0.25) is 0 Å². The van der Waals surface area contributed by atoms with E-state index in [2.05, 4.69) is 5.32 Å². The van der Waals surface area contributed by atoms with Crippen molar-refractivity contribution in [3.05, 3.63) is 70.8 Å². The monoisotopic (exact) mass is 364 g/mol. The van der Waals surface area contributed by atoms with Gasteiger partial charge in [0, 0.05) is 6.42 Å². The number of nitrogens with one attached hydrogen (secondary N) is 1.